The number of nitrogens with one attached hydrogen (secondary N) is 1. The number of imidazole rings is 1. The molecule has 0 saturated carbocycles. The number of carbonyl (C=O) groups excluding carboxylic acids is 1. The molecule has 0 fully saturated rings. The Morgan fingerprint density at radius 2 is 1.96 bits per heavy atom. The van der Waals surface area contributed by atoms with Crippen molar-refractivity contribution in [2.24, 2.45) is 0 Å². The summed E-state index contributed by atoms with van der Waals surface area (Å²) in [6.45, 7) is 4.22. The van der Waals surface area contributed by atoms with Crippen LogP contribution in [0.1, 0.15) is 31.9 Å². The van der Waals surface area contributed by atoms with Crippen molar-refractivity contribution >= 4 is 28.7 Å². The molecule has 0 aliphatic heterocycles. The maximum atomic E-state index is 13.1. The van der Waals surface area contributed by atoms with Gasteiger partial charge in [0.1, 0.15) is 5.82 Å². The SMILES string of the molecule is C[C@@H](Sc1nc2ccccc2n1CCC#N)C(=O)N[C@H](C)c1ccc(F)cc1. The summed E-state index contributed by atoms with van der Waals surface area (Å²) in [5.41, 5.74) is 2.64. The summed E-state index contributed by atoms with van der Waals surface area (Å²) in [7, 11) is 0. The highest BCUT2D eigenvalue weighted by molar-refractivity contribution is 8.00. The number of nitrogens with zero attached hydrogens (tertiary/aromatic N) is 3. The molecule has 0 aliphatic rings. The van der Waals surface area contributed by atoms with Gasteiger partial charge in [-0.05, 0) is 43.7 Å². The van der Waals surface area contributed by atoms with E-state index in [9.17, 15) is 9.18 Å². The second-order valence-corrected chi connectivity index (χ2v) is 7.79. The van der Waals surface area contributed by atoms with Gasteiger partial charge < -0.3 is 9.88 Å². The Labute approximate surface area is 167 Å². The number of aryl methyl sites for hydroxylation is 1. The predicted octanol–water partition coefficient (Wildman–Crippen LogP) is 4.45. The normalized spacial score (nSPS) is 13.1. The van der Waals surface area contributed by atoms with Gasteiger partial charge in [0.05, 0.1) is 34.8 Å². The average Bonchev–Trinajstić information content (AvgIpc) is 3.03. The van der Waals surface area contributed by atoms with E-state index >= 15 is 0 Å². The van der Waals surface area contributed by atoms with Crippen LogP contribution in [0.3, 0.4) is 0 Å². The summed E-state index contributed by atoms with van der Waals surface area (Å²) >= 11 is 1.36. The first kappa shape index (κ1) is 19.9. The standard InChI is InChI=1S/C21H21FN4OS/c1-14(16-8-10-17(22)11-9-16)24-20(27)15(2)28-21-25-18-6-3-4-7-19(18)26(21)13-5-12-23/h3-4,6-11,14-15H,5,13H2,1-2H3,(H,24,27)/t14-,15-/m1/s1. The molecule has 1 N–H and O–H groups in total. The monoisotopic (exact) mass is 396 g/mol. The number of rotatable bonds is 7. The highest BCUT2D eigenvalue weighted by atomic mass is 32.2. The molecule has 1 heterocycles. The molecular weight excluding hydrogens is 375 g/mol. The first-order valence-electron chi connectivity index (χ1n) is 9.04. The van der Waals surface area contributed by atoms with Gasteiger partial charge in [-0.2, -0.15) is 5.26 Å². The van der Waals surface area contributed by atoms with Gasteiger partial charge in [0.25, 0.3) is 0 Å². The number of carbonyl (C=O) groups is 1. The van der Waals surface area contributed by atoms with Crippen molar-refractivity contribution in [2.75, 3.05) is 0 Å². The molecule has 5 nitrogen and oxygen atoms in total. The maximum Gasteiger partial charge on any atom is 0.233 e. The van der Waals surface area contributed by atoms with Gasteiger partial charge in [-0.3, -0.25) is 4.79 Å². The molecular formula is C21H21FN4OS. The third-order valence-corrected chi connectivity index (χ3v) is 5.54. The lowest BCUT2D eigenvalue weighted by atomic mass is 10.1. The van der Waals surface area contributed by atoms with E-state index in [4.69, 9.17) is 5.26 Å². The fourth-order valence-corrected chi connectivity index (χ4v) is 3.86. The van der Waals surface area contributed by atoms with Crippen molar-refractivity contribution in [3.63, 3.8) is 0 Å². The van der Waals surface area contributed by atoms with Crippen molar-refractivity contribution in [3.05, 3.63) is 59.9 Å². The molecule has 7 heteroatoms. The van der Waals surface area contributed by atoms with Crippen LogP contribution >= 0.6 is 11.8 Å². The van der Waals surface area contributed by atoms with Crippen LogP contribution in [0.5, 0.6) is 0 Å². The van der Waals surface area contributed by atoms with Crippen molar-refractivity contribution < 1.29 is 9.18 Å². The average molecular weight is 396 g/mol. The van der Waals surface area contributed by atoms with E-state index in [1.54, 1.807) is 12.1 Å². The second-order valence-electron chi connectivity index (χ2n) is 6.48. The Morgan fingerprint density at radius 3 is 2.68 bits per heavy atom. The zero-order chi connectivity index (χ0) is 20.1. The lowest BCUT2D eigenvalue weighted by Crippen LogP contribution is -2.33. The largest absolute Gasteiger partial charge is 0.349 e. The maximum absolute atomic E-state index is 13.1. The van der Waals surface area contributed by atoms with Gasteiger partial charge in [-0.25, -0.2) is 9.37 Å². The van der Waals surface area contributed by atoms with Gasteiger partial charge in [0.2, 0.25) is 5.91 Å². The second kappa shape index (κ2) is 8.89. The van der Waals surface area contributed by atoms with Crippen molar-refractivity contribution in [3.8, 4) is 6.07 Å². The highest BCUT2D eigenvalue weighted by Gasteiger charge is 2.21. The van der Waals surface area contributed by atoms with Crippen molar-refractivity contribution in [2.45, 2.75) is 43.3 Å². The van der Waals surface area contributed by atoms with E-state index < -0.39 is 0 Å². The third-order valence-electron chi connectivity index (χ3n) is 4.45. The summed E-state index contributed by atoms with van der Waals surface area (Å²) < 4.78 is 15.1. The van der Waals surface area contributed by atoms with Gasteiger partial charge >= 0.3 is 0 Å². The molecule has 0 spiro atoms. The van der Waals surface area contributed by atoms with Crippen molar-refractivity contribution in [1.82, 2.24) is 14.9 Å². The molecule has 0 saturated heterocycles. The number of hydrogen-bond donors (Lipinski definition) is 1. The third kappa shape index (κ3) is 4.52. The number of hydrogen-bond acceptors (Lipinski definition) is 4. The topological polar surface area (TPSA) is 70.7 Å². The number of thioether (sulfide) groups is 1. The fraction of sp³-hybridized carbons (Fsp3) is 0.286. The number of halogens is 1. The summed E-state index contributed by atoms with van der Waals surface area (Å²) in [5.74, 6) is -0.428. The lowest BCUT2D eigenvalue weighted by molar-refractivity contribution is -0.120. The zero-order valence-electron chi connectivity index (χ0n) is 15.7. The number of nitriles is 1. The first-order chi connectivity index (χ1) is 13.5. The van der Waals surface area contributed by atoms with Gasteiger partial charge in [0, 0.05) is 6.54 Å². The van der Waals surface area contributed by atoms with E-state index in [1.165, 1.54) is 23.9 Å². The number of benzene rings is 2. The Kier molecular flexibility index (Phi) is 6.32. The van der Waals surface area contributed by atoms with Crippen LogP contribution in [-0.4, -0.2) is 20.7 Å². The van der Waals surface area contributed by atoms with E-state index in [0.29, 0.717) is 18.1 Å². The van der Waals surface area contributed by atoms with Crippen LogP contribution in [-0.2, 0) is 11.3 Å². The summed E-state index contributed by atoms with van der Waals surface area (Å²) in [6, 6.07) is 15.8. The molecule has 0 bridgehead atoms. The minimum Gasteiger partial charge on any atom is -0.349 e. The van der Waals surface area contributed by atoms with Crippen LogP contribution < -0.4 is 5.32 Å². The minimum atomic E-state index is -0.374. The van der Waals surface area contributed by atoms with E-state index in [1.807, 2.05) is 42.7 Å². The molecule has 144 valence electrons. The van der Waals surface area contributed by atoms with Crippen molar-refractivity contribution in [1.29, 1.82) is 5.26 Å². The first-order valence-corrected chi connectivity index (χ1v) is 9.92. The molecule has 0 aliphatic carbocycles. The molecule has 2 atom stereocenters. The molecule has 3 rings (SSSR count). The van der Waals surface area contributed by atoms with Gasteiger partial charge in [0.15, 0.2) is 5.16 Å². The summed E-state index contributed by atoms with van der Waals surface area (Å²) in [4.78, 5) is 17.3. The smallest absolute Gasteiger partial charge is 0.233 e. The molecule has 0 radical (unpaired) electrons. The van der Waals surface area contributed by atoms with Crippen LogP contribution in [0.2, 0.25) is 0 Å². The Morgan fingerprint density at radius 1 is 1.25 bits per heavy atom. The minimum absolute atomic E-state index is 0.124. The van der Waals surface area contributed by atoms with Crippen LogP contribution in [0.25, 0.3) is 11.0 Å². The molecule has 2 aromatic carbocycles. The molecule has 1 aromatic heterocycles. The Hall–Kier alpha value is -2.85. The van der Waals surface area contributed by atoms with Gasteiger partial charge in [-0.15, -0.1) is 0 Å². The molecule has 1 amide bonds. The summed E-state index contributed by atoms with van der Waals surface area (Å²) in [5, 5.41) is 12.2. The number of para-hydroxylation sites is 2. The number of fused-ring (bicyclic) bond motifs is 1. The molecule has 3 aromatic rings. The van der Waals surface area contributed by atoms with E-state index in [2.05, 4.69) is 16.4 Å². The fourth-order valence-electron chi connectivity index (χ4n) is 2.90. The number of aromatic nitrogens is 2. The van der Waals surface area contributed by atoms with E-state index in [0.717, 1.165) is 16.6 Å². The van der Waals surface area contributed by atoms with Gasteiger partial charge in [-0.1, -0.05) is 36.0 Å². The van der Waals surface area contributed by atoms with Crippen LogP contribution in [0, 0.1) is 17.1 Å². The summed E-state index contributed by atoms with van der Waals surface area (Å²) in [6.07, 6.45) is 0.371. The zero-order valence-corrected chi connectivity index (χ0v) is 16.5. The van der Waals surface area contributed by atoms with E-state index in [-0.39, 0.29) is 23.0 Å². The highest BCUT2D eigenvalue weighted by Crippen LogP contribution is 2.28. The molecule has 0 unspecified atom stereocenters. The predicted molar refractivity (Wildman–Crippen MR) is 108 cm³/mol. The number of amides is 1. The Bertz CT molecular complexity index is 1010. The Balaban J connectivity index is 1.73. The van der Waals surface area contributed by atoms with Crippen LogP contribution in [0.15, 0.2) is 53.7 Å². The quantitative estimate of drug-likeness (QED) is 0.599. The van der Waals surface area contributed by atoms with Crippen LogP contribution in [0.4, 0.5) is 4.39 Å². The lowest BCUT2D eigenvalue weighted by Gasteiger charge is -2.18. The molecule has 28 heavy (non-hydrogen) atoms.